The highest BCUT2D eigenvalue weighted by molar-refractivity contribution is 7.89. The molecule has 7 nitrogen and oxygen atoms in total. The third-order valence-electron chi connectivity index (χ3n) is 4.61. The molecule has 0 saturated carbocycles. The van der Waals surface area contributed by atoms with E-state index in [1.807, 2.05) is 26.0 Å². The maximum absolute atomic E-state index is 12.6. The topological polar surface area (TPSA) is 74.2 Å². The quantitative estimate of drug-likeness (QED) is 0.563. The lowest BCUT2D eigenvalue weighted by Crippen LogP contribution is -2.47. The monoisotopic (exact) mass is 396 g/mol. The molecule has 1 heterocycles. The molecule has 0 aromatic heterocycles. The van der Waals surface area contributed by atoms with Crippen molar-refractivity contribution in [2.24, 2.45) is 4.99 Å². The van der Waals surface area contributed by atoms with Gasteiger partial charge in [0.25, 0.3) is 0 Å². The predicted octanol–water partition coefficient (Wildman–Crippen LogP) is 1.90. The second-order valence-corrected chi connectivity index (χ2v) is 8.83. The summed E-state index contributed by atoms with van der Waals surface area (Å²) in [5.41, 5.74) is 0.700. The number of ether oxygens (including phenoxy) is 1. The molecule has 1 N–H and O–H groups in total. The van der Waals surface area contributed by atoms with E-state index in [1.165, 1.54) is 4.31 Å². The van der Waals surface area contributed by atoms with Gasteiger partial charge in [-0.2, -0.15) is 0 Å². The van der Waals surface area contributed by atoms with Crippen LogP contribution in [0, 0.1) is 0 Å². The highest BCUT2D eigenvalue weighted by Gasteiger charge is 2.23. The third kappa shape index (κ3) is 5.67. The first-order valence-corrected chi connectivity index (χ1v) is 11.0. The molecule has 0 amide bonds. The van der Waals surface area contributed by atoms with Crippen molar-refractivity contribution in [3.63, 3.8) is 0 Å². The van der Waals surface area contributed by atoms with Crippen LogP contribution in [0.25, 0.3) is 0 Å². The molecule has 1 saturated heterocycles. The summed E-state index contributed by atoms with van der Waals surface area (Å²) in [5.74, 6) is 0.824. The van der Waals surface area contributed by atoms with Crippen molar-refractivity contribution >= 4 is 16.0 Å². The van der Waals surface area contributed by atoms with Crippen LogP contribution < -0.4 is 5.32 Å². The molecule has 1 aromatic carbocycles. The van der Waals surface area contributed by atoms with Gasteiger partial charge in [0.05, 0.1) is 17.5 Å². The first-order valence-electron chi connectivity index (χ1n) is 9.55. The van der Waals surface area contributed by atoms with Crippen LogP contribution in [0.2, 0.25) is 0 Å². The fraction of sp³-hybridized carbons (Fsp3) is 0.632. The number of piperidine rings is 1. The maximum Gasteiger partial charge on any atom is 0.242 e. The Morgan fingerprint density at radius 3 is 2.52 bits per heavy atom. The van der Waals surface area contributed by atoms with Crippen molar-refractivity contribution in [1.29, 1.82) is 0 Å². The largest absolute Gasteiger partial charge is 0.378 e. The molecule has 8 heteroatoms. The van der Waals surface area contributed by atoms with Gasteiger partial charge in [-0.25, -0.2) is 17.7 Å². The summed E-state index contributed by atoms with van der Waals surface area (Å²) in [7, 11) is -0.405. The molecule has 0 unspecified atom stereocenters. The van der Waals surface area contributed by atoms with Crippen molar-refractivity contribution in [3.05, 3.63) is 29.8 Å². The molecule has 27 heavy (non-hydrogen) atoms. The predicted molar refractivity (Wildman–Crippen MR) is 108 cm³/mol. The molecular weight excluding hydrogens is 364 g/mol. The number of nitrogens with zero attached hydrogens (tertiary/aromatic N) is 3. The van der Waals surface area contributed by atoms with Crippen molar-refractivity contribution in [1.82, 2.24) is 14.5 Å². The Hall–Kier alpha value is -1.64. The maximum atomic E-state index is 12.6. The van der Waals surface area contributed by atoms with Gasteiger partial charge in [-0.3, -0.25) is 0 Å². The Bertz CT molecular complexity index is 726. The number of rotatable bonds is 7. The van der Waals surface area contributed by atoms with Crippen molar-refractivity contribution in [2.75, 3.05) is 40.3 Å². The van der Waals surface area contributed by atoms with Crippen LogP contribution in [-0.2, 0) is 21.3 Å². The van der Waals surface area contributed by atoms with E-state index in [0.29, 0.717) is 23.1 Å². The van der Waals surface area contributed by atoms with E-state index in [1.54, 1.807) is 26.2 Å². The second-order valence-electron chi connectivity index (χ2n) is 6.71. The highest BCUT2D eigenvalue weighted by atomic mass is 32.2. The number of benzene rings is 1. The molecule has 152 valence electrons. The molecule has 1 aromatic rings. The first-order chi connectivity index (χ1) is 12.9. The Kier molecular flexibility index (Phi) is 8.07. The van der Waals surface area contributed by atoms with E-state index in [9.17, 15) is 8.42 Å². The molecule has 1 aliphatic heterocycles. The number of sulfonamides is 1. The minimum atomic E-state index is -3.49. The molecular formula is C19H32N4O3S. The van der Waals surface area contributed by atoms with Crippen molar-refractivity contribution in [2.45, 2.75) is 44.2 Å². The van der Waals surface area contributed by atoms with E-state index in [2.05, 4.69) is 10.2 Å². The van der Waals surface area contributed by atoms with Crippen LogP contribution in [0.5, 0.6) is 0 Å². The van der Waals surface area contributed by atoms with Gasteiger partial charge in [0.1, 0.15) is 0 Å². The van der Waals surface area contributed by atoms with E-state index < -0.39 is 10.0 Å². The van der Waals surface area contributed by atoms with Gasteiger partial charge in [0.15, 0.2) is 5.96 Å². The molecule has 1 aliphatic rings. The van der Waals surface area contributed by atoms with Crippen molar-refractivity contribution in [3.8, 4) is 0 Å². The minimum Gasteiger partial charge on any atom is -0.378 e. The molecule has 0 radical (unpaired) electrons. The van der Waals surface area contributed by atoms with Crippen LogP contribution in [0.3, 0.4) is 0 Å². The third-order valence-corrected chi connectivity index (χ3v) is 6.52. The molecule has 0 bridgehead atoms. The van der Waals surface area contributed by atoms with Crippen molar-refractivity contribution < 1.29 is 13.2 Å². The van der Waals surface area contributed by atoms with Gasteiger partial charge in [-0.15, -0.1) is 0 Å². The first kappa shape index (κ1) is 21.7. The molecule has 0 spiro atoms. The Labute approximate surface area is 163 Å². The van der Waals surface area contributed by atoms with Crippen LogP contribution in [0.15, 0.2) is 34.2 Å². The average molecular weight is 397 g/mol. The summed E-state index contributed by atoms with van der Waals surface area (Å²) in [5, 5.41) is 3.33. The van der Waals surface area contributed by atoms with Gasteiger partial charge < -0.3 is 15.0 Å². The smallest absolute Gasteiger partial charge is 0.242 e. The van der Waals surface area contributed by atoms with Crippen LogP contribution in [-0.4, -0.2) is 70.0 Å². The fourth-order valence-corrected chi connectivity index (χ4v) is 4.25. The Morgan fingerprint density at radius 2 is 1.93 bits per heavy atom. The van der Waals surface area contributed by atoms with Gasteiger partial charge in [-0.05, 0) is 38.3 Å². The van der Waals surface area contributed by atoms with Crippen LogP contribution in [0.4, 0.5) is 0 Å². The zero-order chi connectivity index (χ0) is 19.9. The van der Waals surface area contributed by atoms with Crippen LogP contribution >= 0.6 is 0 Å². The fourth-order valence-electron chi connectivity index (χ4n) is 3.14. The van der Waals surface area contributed by atoms with E-state index >= 15 is 0 Å². The standard InChI is InChI=1S/C19H32N4O3S/c1-5-20-19(23-13-11-17(12-14-23)26-6-2)21-15-16-9-7-8-10-18(16)27(24,25)22(3)4/h7-10,17H,5-6,11-15H2,1-4H3,(H,20,21). The van der Waals surface area contributed by atoms with E-state index in [0.717, 1.165) is 45.0 Å². The summed E-state index contributed by atoms with van der Waals surface area (Å²) < 4.78 is 32.1. The summed E-state index contributed by atoms with van der Waals surface area (Å²) >= 11 is 0. The number of nitrogens with one attached hydrogen (secondary N) is 1. The van der Waals surface area contributed by atoms with E-state index in [-0.39, 0.29) is 0 Å². The summed E-state index contributed by atoms with van der Waals surface area (Å²) in [6.07, 6.45) is 2.27. The molecule has 0 aliphatic carbocycles. The zero-order valence-corrected chi connectivity index (χ0v) is 17.6. The van der Waals surface area contributed by atoms with Gasteiger partial charge >= 0.3 is 0 Å². The summed E-state index contributed by atoms with van der Waals surface area (Å²) in [6.45, 7) is 7.65. The Balaban J connectivity index is 2.17. The molecule has 0 atom stereocenters. The second kappa shape index (κ2) is 10.1. The lowest BCUT2D eigenvalue weighted by atomic mass is 10.1. The highest BCUT2D eigenvalue weighted by Crippen LogP contribution is 2.20. The Morgan fingerprint density at radius 1 is 1.26 bits per heavy atom. The number of aliphatic imine (C=N–C) groups is 1. The lowest BCUT2D eigenvalue weighted by molar-refractivity contribution is 0.0263. The molecule has 2 rings (SSSR count). The van der Waals surface area contributed by atoms with Gasteiger partial charge in [0, 0.05) is 40.3 Å². The van der Waals surface area contributed by atoms with Crippen LogP contribution in [0.1, 0.15) is 32.3 Å². The lowest BCUT2D eigenvalue weighted by Gasteiger charge is -2.34. The SMILES string of the molecule is CCNC(=NCc1ccccc1S(=O)(=O)N(C)C)N1CCC(OCC)CC1. The number of hydrogen-bond acceptors (Lipinski definition) is 4. The number of hydrogen-bond donors (Lipinski definition) is 1. The van der Waals surface area contributed by atoms with E-state index in [4.69, 9.17) is 9.73 Å². The molecule has 1 fully saturated rings. The van der Waals surface area contributed by atoms with Gasteiger partial charge in [0.2, 0.25) is 10.0 Å². The van der Waals surface area contributed by atoms with Gasteiger partial charge in [-0.1, -0.05) is 18.2 Å². The normalized spacial score (nSPS) is 16.8. The number of likely N-dealkylation sites (tertiary alicyclic amines) is 1. The zero-order valence-electron chi connectivity index (χ0n) is 16.8. The minimum absolute atomic E-state index is 0.310. The average Bonchev–Trinajstić information content (AvgIpc) is 2.66. The number of guanidine groups is 1. The summed E-state index contributed by atoms with van der Waals surface area (Å²) in [4.78, 5) is 7.25. The summed E-state index contributed by atoms with van der Waals surface area (Å²) in [6, 6.07) is 7.05.